The molecule has 7 nitrogen and oxygen atoms in total. The summed E-state index contributed by atoms with van der Waals surface area (Å²) < 4.78 is 61.0. The number of benzene rings is 2. The summed E-state index contributed by atoms with van der Waals surface area (Å²) in [5.74, 6) is 0.394. The van der Waals surface area contributed by atoms with Gasteiger partial charge in [0.2, 0.25) is 5.91 Å². The first-order valence-electron chi connectivity index (χ1n) is 10.9. The molecule has 1 N–H and O–H groups in total. The number of hydrogen-bond donors (Lipinski definition) is 1. The fourth-order valence-electron chi connectivity index (χ4n) is 3.81. The first-order chi connectivity index (χ1) is 16.9. The highest BCUT2D eigenvalue weighted by atomic mass is 19.3. The number of carbonyl (C=O) groups excluding carboxylic acids is 1. The van der Waals surface area contributed by atoms with Crippen LogP contribution in [0.5, 0.6) is 11.5 Å². The molecule has 0 saturated heterocycles. The van der Waals surface area contributed by atoms with Crippen molar-refractivity contribution < 1.29 is 31.8 Å². The fraction of sp³-hybridized carbons (Fsp3) is 0.292. The molecule has 0 saturated carbocycles. The highest BCUT2D eigenvalue weighted by molar-refractivity contribution is 6.02. The Morgan fingerprint density at radius 2 is 1.83 bits per heavy atom. The topological polar surface area (TPSA) is 78.3 Å². The minimum absolute atomic E-state index is 0.0852. The molecule has 1 aliphatic heterocycles. The highest BCUT2D eigenvalue weighted by Gasteiger charge is 2.16. The van der Waals surface area contributed by atoms with Gasteiger partial charge in [0.25, 0.3) is 0 Å². The standard InChI is InChI=1S/C24H22F4N4O3/c25-23(26)34-18-10-8-15(19(14-18)35-24(27)28)9-11-21(33)29-17-6-4-5-16(13-17)22-31-30-20-7-2-1-3-12-32(20)22/h4-6,8-11,13-14,23-24H,1-3,7,12H2,(H,29,33)/b11-9+. The van der Waals surface area contributed by atoms with Crippen LogP contribution >= 0.6 is 0 Å². The summed E-state index contributed by atoms with van der Waals surface area (Å²) in [5.41, 5.74) is 1.39. The Kier molecular flexibility index (Phi) is 7.64. The van der Waals surface area contributed by atoms with E-state index in [0.717, 1.165) is 67.6 Å². The van der Waals surface area contributed by atoms with Crippen molar-refractivity contribution >= 4 is 17.7 Å². The Morgan fingerprint density at radius 3 is 2.63 bits per heavy atom. The zero-order valence-corrected chi connectivity index (χ0v) is 18.5. The Labute approximate surface area is 198 Å². The smallest absolute Gasteiger partial charge is 0.387 e. The lowest BCUT2D eigenvalue weighted by atomic mass is 10.1. The van der Waals surface area contributed by atoms with Crippen molar-refractivity contribution in [2.75, 3.05) is 5.32 Å². The van der Waals surface area contributed by atoms with Crippen molar-refractivity contribution in [2.45, 2.75) is 45.5 Å². The average Bonchev–Trinajstić information content (AvgIpc) is 3.06. The van der Waals surface area contributed by atoms with E-state index in [0.29, 0.717) is 5.69 Å². The number of carbonyl (C=O) groups is 1. The molecule has 0 radical (unpaired) electrons. The third kappa shape index (κ3) is 6.37. The van der Waals surface area contributed by atoms with Crippen molar-refractivity contribution in [3.8, 4) is 22.9 Å². The van der Waals surface area contributed by atoms with Crippen LogP contribution in [0.2, 0.25) is 0 Å². The largest absolute Gasteiger partial charge is 0.435 e. The Bertz CT molecular complexity index is 1210. The maximum Gasteiger partial charge on any atom is 0.387 e. The van der Waals surface area contributed by atoms with E-state index in [1.165, 1.54) is 12.1 Å². The van der Waals surface area contributed by atoms with Crippen LogP contribution in [-0.4, -0.2) is 33.9 Å². The summed E-state index contributed by atoms with van der Waals surface area (Å²) in [4.78, 5) is 12.5. The van der Waals surface area contributed by atoms with Crippen molar-refractivity contribution in [3.05, 3.63) is 59.9 Å². The summed E-state index contributed by atoms with van der Waals surface area (Å²) in [7, 11) is 0. The van der Waals surface area contributed by atoms with Gasteiger partial charge in [-0.05, 0) is 43.2 Å². The van der Waals surface area contributed by atoms with E-state index in [1.807, 2.05) is 6.07 Å². The summed E-state index contributed by atoms with van der Waals surface area (Å²) in [6.07, 6.45) is 6.49. The molecule has 0 fully saturated rings. The van der Waals surface area contributed by atoms with Gasteiger partial charge >= 0.3 is 13.2 Å². The number of amides is 1. The monoisotopic (exact) mass is 490 g/mol. The molecule has 1 aliphatic rings. The van der Waals surface area contributed by atoms with Gasteiger partial charge in [-0.3, -0.25) is 4.79 Å². The van der Waals surface area contributed by atoms with Crippen LogP contribution in [0, 0.1) is 0 Å². The molecule has 184 valence electrons. The SMILES string of the molecule is O=C(/C=C/c1ccc(OC(F)F)cc1OC(F)F)Nc1cccc(-c2nnc3n2CCCCC3)c1. The number of fused-ring (bicyclic) bond motifs is 1. The highest BCUT2D eigenvalue weighted by Crippen LogP contribution is 2.29. The number of rotatable bonds is 8. The van der Waals surface area contributed by atoms with Gasteiger partial charge in [0.05, 0.1) is 0 Å². The van der Waals surface area contributed by atoms with Crippen molar-refractivity contribution in [2.24, 2.45) is 0 Å². The van der Waals surface area contributed by atoms with Crippen LogP contribution in [0.3, 0.4) is 0 Å². The van der Waals surface area contributed by atoms with Gasteiger partial charge in [-0.15, -0.1) is 10.2 Å². The zero-order valence-electron chi connectivity index (χ0n) is 18.5. The van der Waals surface area contributed by atoms with Gasteiger partial charge in [-0.2, -0.15) is 17.6 Å². The predicted octanol–water partition coefficient (Wildman–Crippen LogP) is 5.53. The first kappa shape index (κ1) is 24.2. The third-order valence-electron chi connectivity index (χ3n) is 5.34. The molecule has 4 rings (SSSR count). The van der Waals surface area contributed by atoms with Crippen molar-refractivity contribution in [1.29, 1.82) is 0 Å². The van der Waals surface area contributed by atoms with E-state index in [2.05, 4.69) is 29.6 Å². The molecular formula is C24H22F4N4O3. The summed E-state index contributed by atoms with van der Waals surface area (Å²) >= 11 is 0. The Balaban J connectivity index is 1.48. The van der Waals surface area contributed by atoms with E-state index < -0.39 is 24.9 Å². The maximum absolute atomic E-state index is 12.7. The molecule has 3 aromatic rings. The van der Waals surface area contributed by atoms with Crippen LogP contribution in [0.25, 0.3) is 17.5 Å². The number of aromatic nitrogens is 3. The van der Waals surface area contributed by atoms with Gasteiger partial charge in [0.1, 0.15) is 17.3 Å². The Morgan fingerprint density at radius 1 is 1.00 bits per heavy atom. The van der Waals surface area contributed by atoms with E-state index in [1.54, 1.807) is 18.2 Å². The zero-order chi connectivity index (χ0) is 24.8. The average molecular weight is 490 g/mol. The number of nitrogens with one attached hydrogen (secondary N) is 1. The van der Waals surface area contributed by atoms with Crippen molar-refractivity contribution in [1.82, 2.24) is 14.8 Å². The molecule has 35 heavy (non-hydrogen) atoms. The second-order valence-electron chi connectivity index (χ2n) is 7.76. The van der Waals surface area contributed by atoms with Gasteiger partial charge in [0, 0.05) is 41.9 Å². The number of alkyl halides is 4. The van der Waals surface area contributed by atoms with E-state index >= 15 is 0 Å². The molecular weight excluding hydrogens is 468 g/mol. The van der Waals surface area contributed by atoms with E-state index in [-0.39, 0.29) is 11.3 Å². The van der Waals surface area contributed by atoms with Crippen LogP contribution in [0.15, 0.2) is 48.5 Å². The molecule has 1 aromatic heterocycles. The minimum atomic E-state index is -3.19. The molecule has 0 bridgehead atoms. The van der Waals surface area contributed by atoms with Crippen molar-refractivity contribution in [3.63, 3.8) is 0 Å². The van der Waals surface area contributed by atoms with Gasteiger partial charge < -0.3 is 19.4 Å². The molecule has 1 amide bonds. The van der Waals surface area contributed by atoms with E-state index in [9.17, 15) is 22.4 Å². The van der Waals surface area contributed by atoms with E-state index in [4.69, 9.17) is 0 Å². The number of nitrogens with zero attached hydrogens (tertiary/aromatic N) is 3. The molecule has 0 unspecified atom stereocenters. The number of ether oxygens (including phenoxy) is 2. The van der Waals surface area contributed by atoms with Crippen LogP contribution < -0.4 is 14.8 Å². The maximum atomic E-state index is 12.7. The number of halogens is 4. The number of aryl methyl sites for hydroxylation is 1. The minimum Gasteiger partial charge on any atom is -0.435 e. The van der Waals surface area contributed by atoms with Gasteiger partial charge in [0.15, 0.2) is 5.82 Å². The second-order valence-corrected chi connectivity index (χ2v) is 7.76. The molecule has 0 atom stereocenters. The normalized spacial score (nSPS) is 13.7. The quantitative estimate of drug-likeness (QED) is 0.332. The molecule has 2 aromatic carbocycles. The van der Waals surface area contributed by atoms with Crippen LogP contribution in [-0.2, 0) is 17.8 Å². The molecule has 11 heteroatoms. The van der Waals surface area contributed by atoms with Crippen LogP contribution in [0.4, 0.5) is 23.2 Å². The summed E-state index contributed by atoms with van der Waals surface area (Å²) in [5, 5.41) is 11.3. The van der Waals surface area contributed by atoms with Gasteiger partial charge in [-0.1, -0.05) is 18.6 Å². The summed E-state index contributed by atoms with van der Waals surface area (Å²) in [6, 6.07) is 10.4. The molecule has 2 heterocycles. The Hall–Kier alpha value is -3.89. The second kappa shape index (κ2) is 11.0. The predicted molar refractivity (Wildman–Crippen MR) is 120 cm³/mol. The van der Waals surface area contributed by atoms with Gasteiger partial charge in [-0.25, -0.2) is 0 Å². The lowest BCUT2D eigenvalue weighted by Gasteiger charge is -2.11. The fourth-order valence-corrected chi connectivity index (χ4v) is 3.81. The lowest BCUT2D eigenvalue weighted by molar-refractivity contribution is -0.111. The third-order valence-corrected chi connectivity index (χ3v) is 5.34. The molecule has 0 aliphatic carbocycles. The summed E-state index contributed by atoms with van der Waals surface area (Å²) in [6.45, 7) is -5.47. The number of anilines is 1. The lowest BCUT2D eigenvalue weighted by Crippen LogP contribution is -2.08. The first-order valence-corrected chi connectivity index (χ1v) is 10.9. The van der Waals surface area contributed by atoms with Crippen LogP contribution in [0.1, 0.15) is 30.7 Å². The molecule has 0 spiro atoms. The number of hydrogen-bond acceptors (Lipinski definition) is 5.